The molecule has 0 saturated carbocycles. The van der Waals surface area contributed by atoms with Gasteiger partial charge in [-0.1, -0.05) is 6.07 Å². The van der Waals surface area contributed by atoms with Gasteiger partial charge in [0.2, 0.25) is 6.79 Å². The van der Waals surface area contributed by atoms with Gasteiger partial charge in [-0.05, 0) is 38.5 Å². The number of rotatable bonds is 3. The number of nitrogens with one attached hydrogen (secondary N) is 1. The largest absolute Gasteiger partial charge is 0.454 e. The highest BCUT2D eigenvalue weighted by Crippen LogP contribution is 2.33. The van der Waals surface area contributed by atoms with Gasteiger partial charge in [0, 0.05) is 30.1 Å². The van der Waals surface area contributed by atoms with Crippen molar-refractivity contribution in [3.8, 4) is 11.5 Å². The number of nitrogens with zero attached hydrogens (tertiary/aromatic N) is 2. The third kappa shape index (κ3) is 4.84. The fraction of sp³-hybridized carbons (Fsp3) is 0.588. The molecule has 2 aliphatic rings. The quantitative estimate of drug-likeness (QED) is 0.424. The van der Waals surface area contributed by atoms with Crippen LogP contribution in [0.5, 0.6) is 11.5 Å². The van der Waals surface area contributed by atoms with Crippen molar-refractivity contribution in [2.45, 2.75) is 32.1 Å². The van der Waals surface area contributed by atoms with Gasteiger partial charge in [-0.15, -0.1) is 24.0 Å². The molecule has 0 aliphatic carbocycles. The lowest BCUT2D eigenvalue weighted by Crippen LogP contribution is -2.50. The number of halogens is 1. The predicted molar refractivity (Wildman–Crippen MR) is 111 cm³/mol. The van der Waals surface area contributed by atoms with Gasteiger partial charge >= 0.3 is 0 Å². The van der Waals surface area contributed by atoms with E-state index in [-0.39, 0.29) is 28.7 Å². The molecule has 1 aromatic carbocycles. The maximum atomic E-state index is 5.44. The average Bonchev–Trinajstić information content (AvgIpc) is 2.98. The lowest BCUT2D eigenvalue weighted by atomic mass is 10.2. The van der Waals surface area contributed by atoms with E-state index in [0.717, 1.165) is 48.4 Å². The second-order valence-corrected chi connectivity index (χ2v) is 8.19. The van der Waals surface area contributed by atoms with Crippen molar-refractivity contribution in [2.75, 3.05) is 32.2 Å². The van der Waals surface area contributed by atoms with E-state index in [4.69, 9.17) is 14.5 Å². The highest BCUT2D eigenvalue weighted by molar-refractivity contribution is 14.0. The van der Waals surface area contributed by atoms with Gasteiger partial charge < -0.3 is 19.7 Å². The molecule has 2 heterocycles. The Morgan fingerprint density at radius 2 is 2.12 bits per heavy atom. The highest BCUT2D eigenvalue weighted by Gasteiger charge is 2.28. The zero-order valence-corrected chi connectivity index (χ0v) is 17.6. The Bertz CT molecular complexity index is 595. The standard InChI is InChI=1S/C17H25N3O2S.HI/c1-4-18-16(20-7-8-23-17(2,3)11-20)19-10-13-5-6-14-15(9-13)22-12-21-14;/h5-6,9H,4,7-8,10-12H2,1-3H3,(H,18,19);1H. The number of fused-ring (bicyclic) bond motifs is 1. The molecule has 0 bridgehead atoms. The molecule has 134 valence electrons. The van der Waals surface area contributed by atoms with Crippen LogP contribution >= 0.6 is 35.7 Å². The zero-order chi connectivity index (χ0) is 16.3. The molecule has 3 rings (SSSR count). The predicted octanol–water partition coefficient (Wildman–Crippen LogP) is 3.33. The van der Waals surface area contributed by atoms with Crippen molar-refractivity contribution in [2.24, 2.45) is 4.99 Å². The Morgan fingerprint density at radius 1 is 1.33 bits per heavy atom. The van der Waals surface area contributed by atoms with Crippen LogP contribution in [-0.4, -0.2) is 47.8 Å². The van der Waals surface area contributed by atoms with E-state index >= 15 is 0 Å². The number of ether oxygens (including phenoxy) is 2. The van der Waals surface area contributed by atoms with Crippen LogP contribution in [0.2, 0.25) is 0 Å². The molecule has 1 aromatic rings. The second kappa shape index (κ2) is 8.51. The third-order valence-corrected chi connectivity index (χ3v) is 5.21. The first-order chi connectivity index (χ1) is 11.1. The maximum Gasteiger partial charge on any atom is 0.231 e. The molecular weight excluding hydrogens is 437 g/mol. The zero-order valence-electron chi connectivity index (χ0n) is 14.5. The number of aliphatic imine (C=N–C) groups is 1. The molecule has 5 nitrogen and oxygen atoms in total. The summed E-state index contributed by atoms with van der Waals surface area (Å²) in [5.74, 6) is 3.78. The Kier molecular flexibility index (Phi) is 6.91. The summed E-state index contributed by atoms with van der Waals surface area (Å²) in [7, 11) is 0. The first kappa shape index (κ1) is 19.5. The normalized spacial score (nSPS) is 19.0. The monoisotopic (exact) mass is 463 g/mol. The Labute approximate surface area is 165 Å². The van der Waals surface area contributed by atoms with E-state index < -0.39 is 0 Å². The topological polar surface area (TPSA) is 46.1 Å². The van der Waals surface area contributed by atoms with E-state index in [1.165, 1.54) is 0 Å². The van der Waals surface area contributed by atoms with Gasteiger partial charge in [-0.25, -0.2) is 4.99 Å². The van der Waals surface area contributed by atoms with E-state index in [1.807, 2.05) is 23.9 Å². The molecule has 0 unspecified atom stereocenters. The number of benzene rings is 1. The van der Waals surface area contributed by atoms with Gasteiger partial charge in [0.15, 0.2) is 17.5 Å². The van der Waals surface area contributed by atoms with Crippen molar-refractivity contribution in [3.63, 3.8) is 0 Å². The highest BCUT2D eigenvalue weighted by atomic mass is 127. The van der Waals surface area contributed by atoms with Gasteiger partial charge in [0.25, 0.3) is 0 Å². The van der Waals surface area contributed by atoms with Crippen LogP contribution in [0.1, 0.15) is 26.3 Å². The van der Waals surface area contributed by atoms with E-state index in [9.17, 15) is 0 Å². The molecule has 1 saturated heterocycles. The molecule has 0 radical (unpaired) electrons. The molecule has 2 aliphatic heterocycles. The number of guanidine groups is 1. The molecule has 24 heavy (non-hydrogen) atoms. The van der Waals surface area contributed by atoms with Crippen LogP contribution < -0.4 is 14.8 Å². The van der Waals surface area contributed by atoms with Crippen molar-refractivity contribution >= 4 is 41.7 Å². The van der Waals surface area contributed by atoms with Gasteiger partial charge in [-0.3, -0.25) is 0 Å². The van der Waals surface area contributed by atoms with Crippen molar-refractivity contribution in [1.82, 2.24) is 10.2 Å². The SMILES string of the molecule is CCNC(=NCc1ccc2c(c1)OCO2)N1CCSC(C)(C)C1.I. The maximum absolute atomic E-state index is 5.44. The van der Waals surface area contributed by atoms with E-state index in [0.29, 0.717) is 13.3 Å². The summed E-state index contributed by atoms with van der Waals surface area (Å²) in [6.07, 6.45) is 0. The van der Waals surface area contributed by atoms with E-state index in [1.54, 1.807) is 0 Å². The third-order valence-electron chi connectivity index (χ3n) is 3.91. The fourth-order valence-electron chi connectivity index (χ4n) is 2.83. The number of thioether (sulfide) groups is 1. The summed E-state index contributed by atoms with van der Waals surface area (Å²) in [5, 5.41) is 3.42. The Hall–Kier alpha value is -0.830. The number of hydrogen-bond donors (Lipinski definition) is 1. The summed E-state index contributed by atoms with van der Waals surface area (Å²) in [6, 6.07) is 6.03. The van der Waals surface area contributed by atoms with Crippen LogP contribution in [0.25, 0.3) is 0 Å². The lowest BCUT2D eigenvalue weighted by molar-refractivity contribution is 0.174. The summed E-state index contributed by atoms with van der Waals surface area (Å²) in [4.78, 5) is 7.19. The van der Waals surface area contributed by atoms with E-state index in [2.05, 4.69) is 37.1 Å². The Morgan fingerprint density at radius 3 is 2.88 bits per heavy atom. The second-order valence-electron chi connectivity index (χ2n) is 6.39. The van der Waals surface area contributed by atoms with Crippen molar-refractivity contribution in [3.05, 3.63) is 23.8 Å². The summed E-state index contributed by atoms with van der Waals surface area (Å²) >= 11 is 2.03. The molecule has 0 amide bonds. The van der Waals surface area contributed by atoms with Crippen molar-refractivity contribution in [1.29, 1.82) is 0 Å². The van der Waals surface area contributed by atoms with Crippen LogP contribution in [0, 0.1) is 0 Å². The van der Waals surface area contributed by atoms with Crippen LogP contribution in [0.15, 0.2) is 23.2 Å². The lowest BCUT2D eigenvalue weighted by Gasteiger charge is -2.39. The molecule has 0 spiro atoms. The smallest absolute Gasteiger partial charge is 0.231 e. The fourth-order valence-corrected chi connectivity index (χ4v) is 3.94. The molecular formula is C17H26IN3O2S. The van der Waals surface area contributed by atoms with Crippen LogP contribution in [0.3, 0.4) is 0 Å². The molecule has 7 heteroatoms. The van der Waals surface area contributed by atoms with Crippen LogP contribution in [-0.2, 0) is 6.54 Å². The van der Waals surface area contributed by atoms with Crippen molar-refractivity contribution < 1.29 is 9.47 Å². The minimum Gasteiger partial charge on any atom is -0.454 e. The van der Waals surface area contributed by atoms with Gasteiger partial charge in [0.1, 0.15) is 0 Å². The minimum absolute atomic E-state index is 0. The molecule has 1 fully saturated rings. The molecule has 0 aromatic heterocycles. The van der Waals surface area contributed by atoms with Crippen LogP contribution in [0.4, 0.5) is 0 Å². The first-order valence-corrected chi connectivity index (χ1v) is 9.12. The van der Waals surface area contributed by atoms with Gasteiger partial charge in [0.05, 0.1) is 6.54 Å². The number of hydrogen-bond acceptors (Lipinski definition) is 4. The molecule has 0 atom stereocenters. The molecule has 1 N–H and O–H groups in total. The summed E-state index contributed by atoms with van der Waals surface area (Å²) in [6.45, 7) is 10.6. The minimum atomic E-state index is 0. The van der Waals surface area contributed by atoms with Gasteiger partial charge in [-0.2, -0.15) is 11.8 Å². The average molecular weight is 463 g/mol. The Balaban J connectivity index is 0.00000208. The first-order valence-electron chi connectivity index (χ1n) is 8.13. The summed E-state index contributed by atoms with van der Waals surface area (Å²) < 4.78 is 11.1. The summed E-state index contributed by atoms with van der Waals surface area (Å²) in [5.41, 5.74) is 1.13.